The van der Waals surface area contributed by atoms with Gasteiger partial charge in [0.15, 0.2) is 12.4 Å². The molecular weight excluding hydrogens is 385 g/mol. The molecule has 0 amide bonds. The highest BCUT2D eigenvalue weighted by Gasteiger charge is 2.23. The summed E-state index contributed by atoms with van der Waals surface area (Å²) in [6.45, 7) is 10.9. The Balaban J connectivity index is 2.60. The molecule has 7 heteroatoms. The molecule has 0 spiro atoms. The van der Waals surface area contributed by atoms with Gasteiger partial charge in [-0.2, -0.15) is 10.4 Å². The first kappa shape index (κ1) is 23.1. The standard InChI is InChI=1S/C23H28FN3O3/c1-7-27-20(12-15(2)26-27)22(30-16(3)29-21(28)13-24)19(14-25)17-8-10-18(11-9-17)23(4,5)6/h8-12,16H,7,13H2,1-6H3/b22-19-. The predicted molar refractivity (Wildman–Crippen MR) is 113 cm³/mol. The van der Waals surface area contributed by atoms with Gasteiger partial charge in [0, 0.05) is 13.5 Å². The Morgan fingerprint density at radius 3 is 2.40 bits per heavy atom. The normalized spacial score (nSPS) is 13.3. The zero-order valence-electron chi connectivity index (χ0n) is 18.3. The van der Waals surface area contributed by atoms with Crippen LogP contribution >= 0.6 is 0 Å². The van der Waals surface area contributed by atoms with Crippen molar-refractivity contribution in [1.82, 2.24) is 9.78 Å². The molecule has 0 aliphatic carbocycles. The summed E-state index contributed by atoms with van der Waals surface area (Å²) in [6.07, 6.45) is -1.08. The lowest BCUT2D eigenvalue weighted by atomic mass is 9.86. The van der Waals surface area contributed by atoms with Crippen molar-refractivity contribution in [3.05, 3.63) is 52.8 Å². The Bertz CT molecular complexity index is 963. The van der Waals surface area contributed by atoms with E-state index in [4.69, 9.17) is 9.47 Å². The predicted octanol–water partition coefficient (Wildman–Crippen LogP) is 4.78. The maximum Gasteiger partial charge on any atom is 0.340 e. The fourth-order valence-electron chi connectivity index (χ4n) is 3.01. The Labute approximate surface area is 176 Å². The number of rotatable bonds is 7. The van der Waals surface area contributed by atoms with E-state index in [1.165, 1.54) is 6.92 Å². The van der Waals surface area contributed by atoms with Crippen LogP contribution in [-0.2, 0) is 26.2 Å². The molecule has 160 valence electrons. The van der Waals surface area contributed by atoms with Crippen molar-refractivity contribution in [2.75, 3.05) is 6.67 Å². The molecule has 0 fully saturated rings. The average Bonchev–Trinajstić information content (AvgIpc) is 3.07. The van der Waals surface area contributed by atoms with Crippen molar-refractivity contribution in [2.24, 2.45) is 0 Å². The van der Waals surface area contributed by atoms with Crippen LogP contribution in [0.2, 0.25) is 0 Å². The van der Waals surface area contributed by atoms with Gasteiger partial charge in [0.1, 0.15) is 17.3 Å². The number of hydrogen-bond donors (Lipinski definition) is 0. The molecule has 6 nitrogen and oxygen atoms in total. The molecule has 0 radical (unpaired) electrons. The number of esters is 1. The van der Waals surface area contributed by atoms with Crippen LogP contribution in [0.15, 0.2) is 30.3 Å². The van der Waals surface area contributed by atoms with Crippen LogP contribution in [0, 0.1) is 18.3 Å². The number of benzene rings is 1. The fraction of sp³-hybridized carbons (Fsp3) is 0.435. The highest BCUT2D eigenvalue weighted by Crippen LogP contribution is 2.31. The summed E-state index contributed by atoms with van der Waals surface area (Å²) >= 11 is 0. The van der Waals surface area contributed by atoms with E-state index in [0.29, 0.717) is 17.8 Å². The molecule has 2 aromatic rings. The SMILES string of the molecule is CCn1nc(C)cc1/C(OC(C)OC(=O)CF)=C(\C#N)c1ccc(C(C)(C)C)cc1. The lowest BCUT2D eigenvalue weighted by Gasteiger charge is -2.21. The third kappa shape index (κ3) is 5.47. The van der Waals surface area contributed by atoms with Crippen molar-refractivity contribution in [1.29, 1.82) is 5.26 Å². The number of hydrogen-bond acceptors (Lipinski definition) is 5. The lowest BCUT2D eigenvalue weighted by Crippen LogP contribution is -2.20. The van der Waals surface area contributed by atoms with Gasteiger partial charge in [0.25, 0.3) is 0 Å². The molecule has 0 bridgehead atoms. The van der Waals surface area contributed by atoms with E-state index in [9.17, 15) is 14.4 Å². The highest BCUT2D eigenvalue weighted by molar-refractivity contribution is 5.94. The molecule has 1 atom stereocenters. The molecule has 0 aliphatic heterocycles. The van der Waals surface area contributed by atoms with Gasteiger partial charge in [0.2, 0.25) is 6.29 Å². The molecule has 0 saturated carbocycles. The number of nitriles is 1. The van der Waals surface area contributed by atoms with Crippen LogP contribution in [0.1, 0.15) is 57.1 Å². The van der Waals surface area contributed by atoms with E-state index in [1.807, 2.05) is 38.1 Å². The molecule has 1 heterocycles. The van der Waals surface area contributed by atoms with Crippen molar-refractivity contribution >= 4 is 17.3 Å². The van der Waals surface area contributed by atoms with Crippen LogP contribution < -0.4 is 0 Å². The molecule has 1 aromatic carbocycles. The lowest BCUT2D eigenvalue weighted by molar-refractivity contribution is -0.165. The first-order valence-corrected chi connectivity index (χ1v) is 9.82. The minimum atomic E-state index is -1.25. The minimum Gasteiger partial charge on any atom is -0.451 e. The second-order valence-electron chi connectivity index (χ2n) is 7.94. The van der Waals surface area contributed by atoms with Crippen molar-refractivity contribution in [3.8, 4) is 6.07 Å². The molecule has 2 rings (SSSR count). The van der Waals surface area contributed by atoms with Crippen LogP contribution in [0.3, 0.4) is 0 Å². The van der Waals surface area contributed by atoms with Gasteiger partial charge in [0.05, 0.1) is 5.69 Å². The number of aryl methyl sites for hydroxylation is 2. The molecular formula is C23H28FN3O3. The first-order chi connectivity index (χ1) is 14.1. The van der Waals surface area contributed by atoms with Gasteiger partial charge in [-0.05, 0) is 36.5 Å². The fourth-order valence-corrected chi connectivity index (χ4v) is 3.01. The van der Waals surface area contributed by atoms with Gasteiger partial charge in [-0.25, -0.2) is 9.18 Å². The largest absolute Gasteiger partial charge is 0.451 e. The number of nitrogens with zero attached hydrogens (tertiary/aromatic N) is 3. The van der Waals surface area contributed by atoms with Crippen LogP contribution in [0.5, 0.6) is 0 Å². The second-order valence-corrected chi connectivity index (χ2v) is 7.94. The van der Waals surface area contributed by atoms with Crippen LogP contribution in [0.4, 0.5) is 4.39 Å². The van der Waals surface area contributed by atoms with E-state index in [0.717, 1.165) is 11.3 Å². The number of carbonyl (C=O) groups excluding carboxylic acids is 1. The van der Waals surface area contributed by atoms with Crippen molar-refractivity contribution in [3.63, 3.8) is 0 Å². The van der Waals surface area contributed by atoms with Gasteiger partial charge in [-0.3, -0.25) is 4.68 Å². The monoisotopic (exact) mass is 413 g/mol. The summed E-state index contributed by atoms with van der Waals surface area (Å²) in [5.74, 6) is -0.808. The number of ether oxygens (including phenoxy) is 2. The number of carbonyl (C=O) groups is 1. The second kappa shape index (κ2) is 9.57. The number of alkyl halides is 1. The third-order valence-electron chi connectivity index (χ3n) is 4.50. The maximum atomic E-state index is 12.5. The summed E-state index contributed by atoms with van der Waals surface area (Å²) < 4.78 is 25.0. The Hall–Kier alpha value is -3.14. The smallest absolute Gasteiger partial charge is 0.340 e. The van der Waals surface area contributed by atoms with E-state index in [1.54, 1.807) is 10.7 Å². The van der Waals surface area contributed by atoms with E-state index in [-0.39, 0.29) is 16.7 Å². The van der Waals surface area contributed by atoms with E-state index < -0.39 is 18.9 Å². The molecule has 30 heavy (non-hydrogen) atoms. The highest BCUT2D eigenvalue weighted by atomic mass is 19.1. The topological polar surface area (TPSA) is 77.1 Å². The number of aromatic nitrogens is 2. The van der Waals surface area contributed by atoms with Crippen molar-refractivity contribution < 1.29 is 18.7 Å². The Morgan fingerprint density at radius 2 is 1.90 bits per heavy atom. The first-order valence-electron chi connectivity index (χ1n) is 9.82. The summed E-state index contributed by atoms with van der Waals surface area (Å²) in [6, 6.07) is 11.7. The molecule has 1 unspecified atom stereocenters. The van der Waals surface area contributed by atoms with E-state index >= 15 is 0 Å². The molecule has 0 N–H and O–H groups in total. The summed E-state index contributed by atoms with van der Waals surface area (Å²) in [7, 11) is 0. The van der Waals surface area contributed by atoms with Crippen LogP contribution in [-0.4, -0.2) is 28.7 Å². The Kier molecular flexibility index (Phi) is 7.38. The minimum absolute atomic E-state index is 0.0264. The van der Waals surface area contributed by atoms with Gasteiger partial charge in [-0.1, -0.05) is 45.0 Å². The number of allylic oxidation sites excluding steroid dienone is 1. The Morgan fingerprint density at radius 1 is 1.27 bits per heavy atom. The van der Waals surface area contributed by atoms with Crippen molar-refractivity contribution in [2.45, 2.75) is 59.8 Å². The maximum absolute atomic E-state index is 12.5. The molecule has 0 aliphatic rings. The molecule has 1 aromatic heterocycles. The van der Waals surface area contributed by atoms with E-state index in [2.05, 4.69) is 31.9 Å². The zero-order chi connectivity index (χ0) is 22.5. The van der Waals surface area contributed by atoms with Gasteiger partial charge >= 0.3 is 5.97 Å². The summed E-state index contributed by atoms with van der Waals surface area (Å²) in [5.41, 5.74) is 3.36. The zero-order valence-corrected chi connectivity index (χ0v) is 18.3. The number of halogens is 1. The summed E-state index contributed by atoms with van der Waals surface area (Å²) in [4.78, 5) is 11.3. The quantitative estimate of drug-likeness (QED) is 0.283. The van der Waals surface area contributed by atoms with Gasteiger partial charge in [-0.15, -0.1) is 0 Å². The average molecular weight is 413 g/mol. The van der Waals surface area contributed by atoms with Gasteiger partial charge < -0.3 is 9.47 Å². The van der Waals surface area contributed by atoms with Crippen LogP contribution in [0.25, 0.3) is 11.3 Å². The molecule has 0 saturated heterocycles. The summed E-state index contributed by atoms with van der Waals surface area (Å²) in [5, 5.41) is 14.4. The third-order valence-corrected chi connectivity index (χ3v) is 4.50.